The third-order valence-electron chi connectivity index (χ3n) is 3.74. The Morgan fingerprint density at radius 2 is 1.65 bits per heavy atom. The fourth-order valence-corrected chi connectivity index (χ4v) is 2.60. The number of carbonyl (C=O) groups excluding carboxylic acids is 1. The topological polar surface area (TPSA) is 53.2 Å². The van der Waals surface area contributed by atoms with Crippen LogP contribution < -0.4 is 5.56 Å². The molecule has 0 spiro atoms. The number of hydrogen-bond donors (Lipinski definition) is 1. The van der Waals surface area contributed by atoms with Gasteiger partial charge in [0.1, 0.15) is 0 Å². The lowest BCUT2D eigenvalue weighted by atomic mass is 10.0. The summed E-state index contributed by atoms with van der Waals surface area (Å²) >= 11 is 0. The zero-order chi connectivity index (χ0) is 13.9. The predicted molar refractivity (Wildman–Crippen MR) is 76.8 cm³/mol. The lowest BCUT2D eigenvalue weighted by Crippen LogP contribution is -2.33. The first kappa shape index (κ1) is 12.7. The maximum atomic E-state index is 12.4. The lowest BCUT2D eigenvalue weighted by molar-refractivity contribution is 0.0762. The van der Waals surface area contributed by atoms with Crippen LogP contribution in [0.4, 0.5) is 0 Å². The molecule has 0 radical (unpaired) electrons. The maximum Gasteiger partial charge on any atom is 0.255 e. The number of carbonyl (C=O) groups is 1. The van der Waals surface area contributed by atoms with Crippen LogP contribution in [-0.2, 0) is 12.8 Å². The largest absolute Gasteiger partial charge is 0.338 e. The first-order valence-electron chi connectivity index (χ1n) is 6.79. The molecule has 0 fully saturated rings. The van der Waals surface area contributed by atoms with Crippen molar-refractivity contribution in [2.45, 2.75) is 12.8 Å². The second-order valence-corrected chi connectivity index (χ2v) is 5.00. The van der Waals surface area contributed by atoms with Gasteiger partial charge >= 0.3 is 0 Å². The van der Waals surface area contributed by atoms with Gasteiger partial charge in [-0.25, -0.2) is 0 Å². The molecule has 0 bridgehead atoms. The molecule has 0 saturated heterocycles. The summed E-state index contributed by atoms with van der Waals surface area (Å²) in [6.45, 7) is 1.43. The quantitative estimate of drug-likeness (QED) is 0.854. The van der Waals surface area contributed by atoms with Crippen LogP contribution in [0, 0.1) is 0 Å². The highest BCUT2D eigenvalue weighted by atomic mass is 16.2. The first-order chi connectivity index (χ1) is 9.74. The number of nitrogens with one attached hydrogen (secondary N) is 1. The summed E-state index contributed by atoms with van der Waals surface area (Å²) in [6.07, 6.45) is 3.25. The van der Waals surface area contributed by atoms with Crippen LogP contribution in [0.3, 0.4) is 0 Å². The summed E-state index contributed by atoms with van der Waals surface area (Å²) in [7, 11) is 0. The molecule has 4 heteroatoms. The minimum Gasteiger partial charge on any atom is -0.338 e. The number of benzene rings is 1. The van der Waals surface area contributed by atoms with E-state index in [-0.39, 0.29) is 11.5 Å². The normalized spacial score (nSPS) is 14.5. The van der Waals surface area contributed by atoms with Gasteiger partial charge in [-0.3, -0.25) is 9.59 Å². The number of H-pyrrole nitrogens is 1. The lowest BCUT2D eigenvalue weighted by Gasteiger charge is -2.20. The minimum atomic E-state index is -0.190. The highest BCUT2D eigenvalue weighted by Crippen LogP contribution is 2.16. The van der Waals surface area contributed by atoms with Crippen molar-refractivity contribution >= 4 is 5.91 Å². The van der Waals surface area contributed by atoms with Crippen LogP contribution >= 0.6 is 0 Å². The Morgan fingerprint density at radius 1 is 1.00 bits per heavy atom. The van der Waals surface area contributed by atoms with Gasteiger partial charge in [0.05, 0.1) is 5.56 Å². The number of aromatic amines is 1. The highest BCUT2D eigenvalue weighted by molar-refractivity contribution is 5.93. The number of pyridine rings is 1. The monoisotopic (exact) mass is 268 g/mol. The summed E-state index contributed by atoms with van der Waals surface area (Å²) < 4.78 is 0. The van der Waals surface area contributed by atoms with Crippen LogP contribution in [0.5, 0.6) is 0 Å². The Kier molecular flexibility index (Phi) is 3.37. The van der Waals surface area contributed by atoms with E-state index in [0.717, 1.165) is 25.9 Å². The SMILES string of the molecule is O=C(c1ccc(=O)[nH]c1)N1CCc2ccccc2CC1. The molecule has 0 saturated carbocycles. The van der Waals surface area contributed by atoms with Gasteiger partial charge in [0, 0.05) is 25.4 Å². The molecule has 1 aliphatic heterocycles. The second kappa shape index (κ2) is 5.33. The molecule has 1 amide bonds. The smallest absolute Gasteiger partial charge is 0.255 e. The van der Waals surface area contributed by atoms with Crippen molar-refractivity contribution in [1.29, 1.82) is 0 Å². The first-order valence-corrected chi connectivity index (χ1v) is 6.79. The van der Waals surface area contributed by atoms with Crippen LogP contribution in [0.1, 0.15) is 21.5 Å². The van der Waals surface area contributed by atoms with Gasteiger partial charge in [-0.05, 0) is 30.0 Å². The van der Waals surface area contributed by atoms with E-state index in [4.69, 9.17) is 0 Å². The van der Waals surface area contributed by atoms with Gasteiger partial charge in [0.2, 0.25) is 5.56 Å². The Hall–Kier alpha value is -2.36. The average molecular weight is 268 g/mol. The zero-order valence-corrected chi connectivity index (χ0v) is 11.1. The van der Waals surface area contributed by atoms with E-state index >= 15 is 0 Å². The molecule has 0 aliphatic carbocycles. The standard InChI is InChI=1S/C16H16N2O2/c19-15-6-5-14(11-17-15)16(20)18-9-7-12-3-1-2-4-13(12)8-10-18/h1-6,11H,7-10H2,(H,17,19). The van der Waals surface area contributed by atoms with Crippen LogP contribution in [0.25, 0.3) is 0 Å². The molecule has 1 aliphatic rings. The average Bonchev–Trinajstić information content (AvgIpc) is 2.70. The number of hydrogen-bond acceptors (Lipinski definition) is 2. The van der Waals surface area contributed by atoms with E-state index in [1.807, 2.05) is 17.0 Å². The van der Waals surface area contributed by atoms with Crippen molar-refractivity contribution in [3.05, 3.63) is 69.6 Å². The van der Waals surface area contributed by atoms with E-state index in [0.29, 0.717) is 5.56 Å². The Bertz CT molecular complexity index is 643. The number of amides is 1. The van der Waals surface area contributed by atoms with Crippen molar-refractivity contribution in [3.8, 4) is 0 Å². The van der Waals surface area contributed by atoms with Crippen LogP contribution in [-0.4, -0.2) is 28.9 Å². The van der Waals surface area contributed by atoms with Crippen LogP contribution in [0.2, 0.25) is 0 Å². The summed E-state index contributed by atoms with van der Waals surface area (Å²) in [4.78, 5) is 27.9. The molecule has 2 aromatic rings. The van der Waals surface area contributed by atoms with Crippen molar-refractivity contribution in [2.75, 3.05) is 13.1 Å². The third kappa shape index (κ3) is 2.50. The van der Waals surface area contributed by atoms with Crippen molar-refractivity contribution < 1.29 is 4.79 Å². The van der Waals surface area contributed by atoms with Crippen LogP contribution in [0.15, 0.2) is 47.4 Å². The Balaban J connectivity index is 1.78. The number of aromatic nitrogens is 1. The van der Waals surface area contributed by atoms with E-state index in [1.165, 1.54) is 23.4 Å². The summed E-state index contributed by atoms with van der Waals surface area (Å²) in [5.41, 5.74) is 2.99. The van der Waals surface area contributed by atoms with Gasteiger partial charge in [0.25, 0.3) is 5.91 Å². The predicted octanol–water partition coefficient (Wildman–Crippen LogP) is 1.62. The number of nitrogens with zero attached hydrogens (tertiary/aromatic N) is 1. The van der Waals surface area contributed by atoms with E-state index < -0.39 is 0 Å². The molecule has 2 heterocycles. The highest BCUT2D eigenvalue weighted by Gasteiger charge is 2.19. The van der Waals surface area contributed by atoms with Gasteiger partial charge in [0.15, 0.2) is 0 Å². The molecule has 1 aromatic heterocycles. The molecule has 0 unspecified atom stereocenters. The molecule has 0 atom stereocenters. The van der Waals surface area contributed by atoms with E-state index in [9.17, 15) is 9.59 Å². The number of fused-ring (bicyclic) bond motifs is 1. The Morgan fingerprint density at radius 3 is 2.20 bits per heavy atom. The van der Waals surface area contributed by atoms with Gasteiger partial charge in [-0.1, -0.05) is 24.3 Å². The van der Waals surface area contributed by atoms with E-state index in [1.54, 1.807) is 6.07 Å². The van der Waals surface area contributed by atoms with Gasteiger partial charge in [-0.2, -0.15) is 0 Å². The molecule has 4 nitrogen and oxygen atoms in total. The fourth-order valence-electron chi connectivity index (χ4n) is 2.60. The maximum absolute atomic E-state index is 12.4. The number of rotatable bonds is 1. The van der Waals surface area contributed by atoms with E-state index in [2.05, 4.69) is 17.1 Å². The molecule has 1 aromatic carbocycles. The van der Waals surface area contributed by atoms with Crippen molar-refractivity contribution in [1.82, 2.24) is 9.88 Å². The molecular weight excluding hydrogens is 252 g/mol. The summed E-state index contributed by atoms with van der Waals surface area (Å²) in [5.74, 6) is -0.0194. The Labute approximate surface area is 117 Å². The molecular formula is C16H16N2O2. The fraction of sp³-hybridized carbons (Fsp3) is 0.250. The summed E-state index contributed by atoms with van der Waals surface area (Å²) in [6, 6.07) is 11.3. The molecule has 102 valence electrons. The zero-order valence-electron chi connectivity index (χ0n) is 11.1. The molecule has 20 heavy (non-hydrogen) atoms. The molecule has 1 N–H and O–H groups in total. The minimum absolute atomic E-state index is 0.0194. The van der Waals surface area contributed by atoms with Crippen molar-refractivity contribution in [3.63, 3.8) is 0 Å². The van der Waals surface area contributed by atoms with Gasteiger partial charge in [-0.15, -0.1) is 0 Å². The molecule has 3 rings (SSSR count). The summed E-state index contributed by atoms with van der Waals surface area (Å²) in [5, 5.41) is 0. The van der Waals surface area contributed by atoms with Crippen molar-refractivity contribution in [2.24, 2.45) is 0 Å². The second-order valence-electron chi connectivity index (χ2n) is 5.00. The van der Waals surface area contributed by atoms with Gasteiger partial charge < -0.3 is 9.88 Å². The third-order valence-corrected chi connectivity index (χ3v) is 3.74.